The van der Waals surface area contributed by atoms with Crippen LogP contribution in [0.5, 0.6) is 0 Å². The molecule has 0 spiro atoms. The highest BCUT2D eigenvalue weighted by molar-refractivity contribution is 8.16. The van der Waals surface area contributed by atoms with Gasteiger partial charge >= 0.3 is 0 Å². The number of hydrogen-bond donors (Lipinski definition) is 1. The number of amidine groups is 1. The fraction of sp³-hybridized carbons (Fsp3) is 0.286. The molecule has 1 fully saturated rings. The van der Waals surface area contributed by atoms with E-state index in [1.54, 1.807) is 25.1 Å². The molecule has 0 bridgehead atoms. The molecule has 1 atom stereocenters. The van der Waals surface area contributed by atoms with Crippen LogP contribution in [-0.4, -0.2) is 42.1 Å². The summed E-state index contributed by atoms with van der Waals surface area (Å²) in [5, 5.41) is 2.18. The van der Waals surface area contributed by atoms with E-state index >= 15 is 0 Å². The Labute approximate surface area is 180 Å². The van der Waals surface area contributed by atoms with Gasteiger partial charge in [-0.2, -0.15) is 8.42 Å². The minimum Gasteiger partial charge on any atom is -0.326 e. The van der Waals surface area contributed by atoms with Crippen molar-refractivity contribution in [1.82, 2.24) is 4.90 Å². The molecule has 1 aliphatic heterocycles. The molecule has 9 heteroatoms. The summed E-state index contributed by atoms with van der Waals surface area (Å²) in [7, 11) is -3.96. The SMILES string of the molecule is CCN1C(=O)C(CC(=O)Nc2ccccc2C)S/C1=N/S(=O)(=O)c1ccc(C)cc1. The average molecular weight is 446 g/mol. The summed E-state index contributed by atoms with van der Waals surface area (Å²) in [6.45, 7) is 5.75. The Morgan fingerprint density at radius 1 is 1.13 bits per heavy atom. The summed E-state index contributed by atoms with van der Waals surface area (Å²) in [5.41, 5.74) is 2.53. The second-order valence-electron chi connectivity index (χ2n) is 6.92. The second-order valence-corrected chi connectivity index (χ2v) is 9.69. The minimum absolute atomic E-state index is 0.0606. The van der Waals surface area contributed by atoms with Crippen LogP contribution in [0.1, 0.15) is 24.5 Å². The highest BCUT2D eigenvalue weighted by Crippen LogP contribution is 2.31. The topological polar surface area (TPSA) is 95.9 Å². The van der Waals surface area contributed by atoms with Gasteiger partial charge in [-0.1, -0.05) is 47.7 Å². The Morgan fingerprint density at radius 2 is 1.80 bits per heavy atom. The van der Waals surface area contributed by atoms with Crippen LogP contribution in [0.25, 0.3) is 0 Å². The van der Waals surface area contributed by atoms with Crippen molar-refractivity contribution in [3.05, 3.63) is 59.7 Å². The van der Waals surface area contributed by atoms with Gasteiger partial charge in [-0.25, -0.2) is 0 Å². The van der Waals surface area contributed by atoms with Crippen LogP contribution in [0.15, 0.2) is 57.8 Å². The number of carbonyl (C=O) groups is 2. The van der Waals surface area contributed by atoms with Crippen LogP contribution >= 0.6 is 11.8 Å². The van der Waals surface area contributed by atoms with E-state index in [1.165, 1.54) is 17.0 Å². The third-order valence-corrected chi connectivity index (χ3v) is 7.22. The van der Waals surface area contributed by atoms with Crippen LogP contribution in [0.3, 0.4) is 0 Å². The average Bonchev–Trinajstić information content (AvgIpc) is 2.97. The van der Waals surface area contributed by atoms with E-state index in [-0.39, 0.29) is 34.8 Å². The van der Waals surface area contributed by atoms with E-state index in [2.05, 4.69) is 9.71 Å². The molecule has 0 saturated carbocycles. The molecule has 1 heterocycles. The number of para-hydroxylation sites is 1. The van der Waals surface area contributed by atoms with Gasteiger partial charge in [-0.05, 0) is 44.5 Å². The highest BCUT2D eigenvalue weighted by Gasteiger charge is 2.39. The maximum atomic E-state index is 12.7. The summed E-state index contributed by atoms with van der Waals surface area (Å²) in [6, 6.07) is 13.7. The van der Waals surface area contributed by atoms with Gasteiger partial charge in [0.25, 0.3) is 10.0 Å². The van der Waals surface area contributed by atoms with Crippen molar-refractivity contribution >= 4 is 44.5 Å². The van der Waals surface area contributed by atoms with Gasteiger partial charge in [0.1, 0.15) is 5.25 Å². The third kappa shape index (κ3) is 4.91. The molecule has 0 aliphatic carbocycles. The summed E-state index contributed by atoms with van der Waals surface area (Å²) in [6.07, 6.45) is -0.0715. The molecular weight excluding hydrogens is 422 g/mol. The normalized spacial score (nSPS) is 18.1. The van der Waals surface area contributed by atoms with Crippen LogP contribution < -0.4 is 5.32 Å². The number of nitrogens with one attached hydrogen (secondary N) is 1. The lowest BCUT2D eigenvalue weighted by Crippen LogP contribution is -2.33. The highest BCUT2D eigenvalue weighted by atomic mass is 32.2. The Kier molecular flexibility index (Phi) is 6.62. The van der Waals surface area contributed by atoms with Gasteiger partial charge in [-0.15, -0.1) is 4.40 Å². The van der Waals surface area contributed by atoms with Crippen molar-refractivity contribution in [3.8, 4) is 0 Å². The maximum absolute atomic E-state index is 12.7. The summed E-state index contributed by atoms with van der Waals surface area (Å²) >= 11 is 1.01. The number of aryl methyl sites for hydroxylation is 2. The van der Waals surface area contributed by atoms with Crippen LogP contribution in [0.4, 0.5) is 5.69 Å². The second kappa shape index (κ2) is 9.01. The molecule has 7 nitrogen and oxygen atoms in total. The molecule has 1 saturated heterocycles. The molecule has 0 aromatic heterocycles. The molecule has 3 rings (SSSR count). The standard InChI is InChI=1S/C21H23N3O4S2/c1-4-24-20(26)18(13-19(25)22-17-8-6-5-7-15(17)3)29-21(24)23-30(27,28)16-11-9-14(2)10-12-16/h5-12,18H,4,13H2,1-3H3,(H,22,25)/b23-21+. The van der Waals surface area contributed by atoms with E-state index in [4.69, 9.17) is 0 Å². The van der Waals surface area contributed by atoms with Crippen LogP contribution in [-0.2, 0) is 19.6 Å². The molecule has 30 heavy (non-hydrogen) atoms. The van der Waals surface area contributed by atoms with Crippen molar-refractivity contribution in [2.75, 3.05) is 11.9 Å². The van der Waals surface area contributed by atoms with Gasteiger partial charge in [0, 0.05) is 18.7 Å². The Bertz CT molecular complexity index is 1100. The zero-order chi connectivity index (χ0) is 21.9. The number of hydrogen-bond acceptors (Lipinski definition) is 5. The molecule has 1 aliphatic rings. The molecule has 2 aromatic rings. The molecule has 0 radical (unpaired) electrons. The van der Waals surface area contributed by atoms with Gasteiger partial charge in [0.15, 0.2) is 5.17 Å². The van der Waals surface area contributed by atoms with E-state index in [0.717, 1.165) is 22.9 Å². The summed E-state index contributed by atoms with van der Waals surface area (Å²) in [4.78, 5) is 26.5. The number of sulfonamides is 1. The third-order valence-electron chi connectivity index (χ3n) is 4.64. The summed E-state index contributed by atoms with van der Waals surface area (Å²) in [5.74, 6) is -0.630. The first-order chi connectivity index (χ1) is 14.2. The Hall–Kier alpha value is -2.65. The quantitative estimate of drug-likeness (QED) is 0.736. The predicted molar refractivity (Wildman–Crippen MR) is 119 cm³/mol. The van der Waals surface area contributed by atoms with Crippen molar-refractivity contribution < 1.29 is 18.0 Å². The van der Waals surface area contributed by atoms with Crippen molar-refractivity contribution in [2.45, 2.75) is 37.3 Å². The van der Waals surface area contributed by atoms with Crippen molar-refractivity contribution in [1.29, 1.82) is 0 Å². The monoisotopic (exact) mass is 445 g/mol. The van der Waals surface area contributed by atoms with Crippen LogP contribution in [0, 0.1) is 13.8 Å². The number of rotatable bonds is 6. The molecule has 2 aromatic carbocycles. The molecule has 1 N–H and O–H groups in total. The minimum atomic E-state index is -3.96. The van der Waals surface area contributed by atoms with Gasteiger partial charge in [-0.3, -0.25) is 14.5 Å². The number of carbonyl (C=O) groups excluding carboxylic acids is 2. The number of thioether (sulfide) groups is 1. The van der Waals surface area contributed by atoms with Crippen molar-refractivity contribution in [2.24, 2.45) is 4.40 Å². The molecular formula is C21H23N3O4S2. The first-order valence-corrected chi connectivity index (χ1v) is 11.8. The lowest BCUT2D eigenvalue weighted by atomic mass is 10.2. The zero-order valence-corrected chi connectivity index (χ0v) is 18.6. The first kappa shape index (κ1) is 22.0. The van der Waals surface area contributed by atoms with Gasteiger partial charge in [0.05, 0.1) is 4.90 Å². The van der Waals surface area contributed by atoms with E-state index in [1.807, 2.05) is 32.0 Å². The fourth-order valence-corrected chi connectivity index (χ4v) is 5.37. The van der Waals surface area contributed by atoms with Crippen molar-refractivity contribution in [3.63, 3.8) is 0 Å². The summed E-state index contributed by atoms with van der Waals surface area (Å²) < 4.78 is 29.2. The lowest BCUT2D eigenvalue weighted by Gasteiger charge is -2.13. The lowest BCUT2D eigenvalue weighted by molar-refractivity contribution is -0.128. The van der Waals surface area contributed by atoms with E-state index < -0.39 is 15.3 Å². The predicted octanol–water partition coefficient (Wildman–Crippen LogP) is 3.34. The molecule has 2 amide bonds. The number of nitrogens with zero attached hydrogens (tertiary/aromatic N) is 2. The molecule has 158 valence electrons. The van der Waals surface area contributed by atoms with Crippen LogP contribution in [0.2, 0.25) is 0 Å². The van der Waals surface area contributed by atoms with Gasteiger partial charge in [0.2, 0.25) is 11.8 Å². The number of anilines is 1. The zero-order valence-electron chi connectivity index (χ0n) is 17.0. The number of benzene rings is 2. The largest absolute Gasteiger partial charge is 0.326 e. The van der Waals surface area contributed by atoms with E-state index in [9.17, 15) is 18.0 Å². The maximum Gasteiger partial charge on any atom is 0.284 e. The fourth-order valence-electron chi connectivity index (χ4n) is 2.95. The smallest absolute Gasteiger partial charge is 0.284 e. The van der Waals surface area contributed by atoms with E-state index in [0.29, 0.717) is 5.69 Å². The first-order valence-electron chi connectivity index (χ1n) is 9.46. The molecule has 1 unspecified atom stereocenters. The number of amides is 2. The van der Waals surface area contributed by atoms with Gasteiger partial charge < -0.3 is 5.32 Å². The Balaban J connectivity index is 1.77. The Morgan fingerprint density at radius 3 is 2.43 bits per heavy atom.